The van der Waals surface area contributed by atoms with Crippen LogP contribution < -0.4 is 9.47 Å². The Morgan fingerprint density at radius 1 is 1.09 bits per heavy atom. The maximum Gasteiger partial charge on any atom is 0.291 e. The summed E-state index contributed by atoms with van der Waals surface area (Å²) < 4.78 is 16.7. The molecule has 2 heterocycles. The lowest BCUT2D eigenvalue weighted by molar-refractivity contribution is -0.140. The van der Waals surface area contributed by atoms with E-state index >= 15 is 0 Å². The largest absolute Gasteiger partial charge is 0.494 e. The van der Waals surface area contributed by atoms with Crippen molar-refractivity contribution in [1.29, 1.82) is 0 Å². The second-order valence-corrected chi connectivity index (χ2v) is 9.22. The number of nitrogens with zero attached hydrogens (tertiary/aromatic N) is 1. The number of rotatable bonds is 11. The highest BCUT2D eigenvalue weighted by molar-refractivity contribution is 6.44. The van der Waals surface area contributed by atoms with Gasteiger partial charge in [-0.15, -0.1) is 0 Å². The third-order valence-electron chi connectivity index (χ3n) is 6.60. The minimum absolute atomic E-state index is 0.0483. The number of ether oxygens (including phenoxy) is 3. The lowest BCUT2D eigenvalue weighted by atomic mass is 9.85. The number of carbonyl (C=O) groups is 3. The lowest BCUT2D eigenvalue weighted by Gasteiger charge is -2.27. The normalized spacial score (nSPS) is 21.2. The van der Waals surface area contributed by atoms with Gasteiger partial charge in [-0.05, 0) is 61.2 Å². The molecule has 0 saturated carbocycles. The first kappa shape index (κ1) is 24.9. The zero-order valence-corrected chi connectivity index (χ0v) is 20.6. The summed E-state index contributed by atoms with van der Waals surface area (Å²) in [6, 6.07) is 12.0. The summed E-state index contributed by atoms with van der Waals surface area (Å²) in [5.74, 6) is -1.24. The van der Waals surface area contributed by atoms with Crippen molar-refractivity contribution >= 4 is 17.5 Å². The molecular weight excluding hydrogens is 446 g/mol. The Kier molecular flexibility index (Phi) is 7.86. The van der Waals surface area contributed by atoms with Gasteiger partial charge in [0.2, 0.25) is 5.78 Å². The number of benzene rings is 2. The fraction of sp³-hybridized carbons (Fsp3) is 0.464. The molecule has 186 valence electrons. The van der Waals surface area contributed by atoms with E-state index in [-0.39, 0.29) is 11.9 Å². The van der Waals surface area contributed by atoms with Crippen LogP contribution in [-0.4, -0.2) is 55.3 Å². The van der Waals surface area contributed by atoms with Crippen molar-refractivity contribution in [2.45, 2.75) is 51.7 Å². The zero-order chi connectivity index (χ0) is 24.9. The molecule has 7 nitrogen and oxygen atoms in total. The van der Waals surface area contributed by atoms with Crippen LogP contribution in [0.3, 0.4) is 0 Å². The number of hydrogen-bond acceptors (Lipinski definition) is 6. The molecule has 0 N–H and O–H groups in total. The van der Waals surface area contributed by atoms with Gasteiger partial charge in [0.15, 0.2) is 5.78 Å². The Morgan fingerprint density at radius 3 is 2.57 bits per heavy atom. The number of carbonyl (C=O) groups excluding carboxylic acids is 3. The van der Waals surface area contributed by atoms with E-state index in [1.165, 1.54) is 4.90 Å². The first-order chi connectivity index (χ1) is 16.9. The highest BCUT2D eigenvalue weighted by atomic mass is 16.5. The van der Waals surface area contributed by atoms with E-state index < -0.39 is 23.7 Å². The molecule has 2 aromatic carbocycles. The quantitative estimate of drug-likeness (QED) is 0.208. The predicted octanol–water partition coefficient (Wildman–Crippen LogP) is 4.18. The molecule has 3 unspecified atom stereocenters. The topological polar surface area (TPSA) is 82.1 Å². The molecule has 0 aliphatic carbocycles. The molecule has 1 amide bonds. The van der Waals surface area contributed by atoms with Crippen molar-refractivity contribution in [2.24, 2.45) is 5.92 Å². The van der Waals surface area contributed by atoms with Crippen LogP contribution in [-0.2, 0) is 20.7 Å². The van der Waals surface area contributed by atoms with Gasteiger partial charge < -0.3 is 19.1 Å². The molecule has 35 heavy (non-hydrogen) atoms. The van der Waals surface area contributed by atoms with Gasteiger partial charge in [-0.1, -0.05) is 25.5 Å². The molecule has 2 aliphatic heterocycles. The second kappa shape index (κ2) is 11.0. The highest BCUT2D eigenvalue weighted by Gasteiger charge is 2.51. The fourth-order valence-corrected chi connectivity index (χ4v) is 4.83. The third-order valence-corrected chi connectivity index (χ3v) is 6.60. The summed E-state index contributed by atoms with van der Waals surface area (Å²) in [5.41, 5.74) is 2.11. The average Bonchev–Trinajstić information content (AvgIpc) is 3.35. The Balaban J connectivity index is 1.64. The molecule has 4 rings (SSSR count). The first-order valence-corrected chi connectivity index (χ1v) is 12.3. The van der Waals surface area contributed by atoms with Crippen LogP contribution in [0.1, 0.15) is 60.6 Å². The molecule has 1 saturated heterocycles. The smallest absolute Gasteiger partial charge is 0.291 e. The second-order valence-electron chi connectivity index (χ2n) is 9.22. The predicted molar refractivity (Wildman–Crippen MR) is 131 cm³/mol. The summed E-state index contributed by atoms with van der Waals surface area (Å²) in [7, 11) is 1.59. The number of hydrogen-bond donors (Lipinski definition) is 0. The Bertz CT molecular complexity index is 1080. The lowest BCUT2D eigenvalue weighted by Crippen LogP contribution is -2.32. The number of methoxy groups -OCH3 is 1. The molecule has 0 aromatic heterocycles. The summed E-state index contributed by atoms with van der Waals surface area (Å²) in [6.45, 7) is 5.49. The van der Waals surface area contributed by atoms with Gasteiger partial charge in [0.1, 0.15) is 23.5 Å². The van der Waals surface area contributed by atoms with Gasteiger partial charge in [0.05, 0.1) is 12.6 Å². The minimum atomic E-state index is -1.10. The van der Waals surface area contributed by atoms with E-state index in [9.17, 15) is 14.4 Å². The summed E-state index contributed by atoms with van der Waals surface area (Å²) in [5, 5.41) is 0. The van der Waals surface area contributed by atoms with E-state index in [0.717, 1.165) is 35.5 Å². The van der Waals surface area contributed by atoms with Gasteiger partial charge in [0.25, 0.3) is 5.91 Å². The molecule has 0 spiro atoms. The summed E-state index contributed by atoms with van der Waals surface area (Å²) in [6.07, 6.45) is 3.33. The minimum Gasteiger partial charge on any atom is -0.494 e. The molecule has 2 aliphatic rings. The third kappa shape index (κ3) is 5.25. The monoisotopic (exact) mass is 479 g/mol. The van der Waals surface area contributed by atoms with Crippen LogP contribution in [0, 0.1) is 5.92 Å². The number of fused-ring (bicyclic) bond motifs is 1. The number of amides is 1. The zero-order valence-electron chi connectivity index (χ0n) is 20.6. The SMILES string of the molecule is CCCCOc1ccc(C2C(C(=O)c3ccc4c(c3)CC(C)O4)C(=O)C(=O)N2CCCOC)cc1. The van der Waals surface area contributed by atoms with Crippen LogP contribution in [0.2, 0.25) is 0 Å². The number of unbranched alkanes of at least 4 members (excludes halogenated alkanes) is 1. The van der Waals surface area contributed by atoms with Crippen molar-refractivity contribution in [1.82, 2.24) is 4.90 Å². The van der Waals surface area contributed by atoms with Crippen molar-refractivity contribution in [3.63, 3.8) is 0 Å². The van der Waals surface area contributed by atoms with E-state index in [4.69, 9.17) is 14.2 Å². The number of Topliss-reactive ketones (excluding diaryl/α,β-unsaturated/α-hetero) is 2. The van der Waals surface area contributed by atoms with Gasteiger partial charge in [-0.2, -0.15) is 0 Å². The average molecular weight is 480 g/mol. The van der Waals surface area contributed by atoms with E-state index in [1.807, 2.05) is 31.2 Å². The van der Waals surface area contributed by atoms with Gasteiger partial charge in [-0.3, -0.25) is 14.4 Å². The van der Waals surface area contributed by atoms with Crippen LogP contribution in [0.15, 0.2) is 42.5 Å². The molecule has 1 fully saturated rings. The first-order valence-electron chi connectivity index (χ1n) is 12.3. The molecular formula is C28H33NO6. The van der Waals surface area contributed by atoms with Crippen molar-refractivity contribution < 1.29 is 28.6 Å². The van der Waals surface area contributed by atoms with E-state index in [1.54, 1.807) is 25.3 Å². The fourth-order valence-electron chi connectivity index (χ4n) is 4.83. The van der Waals surface area contributed by atoms with E-state index in [0.29, 0.717) is 38.2 Å². The maximum absolute atomic E-state index is 13.7. The summed E-state index contributed by atoms with van der Waals surface area (Å²) in [4.78, 5) is 41.4. The van der Waals surface area contributed by atoms with Crippen LogP contribution in [0.4, 0.5) is 0 Å². The van der Waals surface area contributed by atoms with Crippen LogP contribution in [0.25, 0.3) is 0 Å². The molecule has 0 bridgehead atoms. The van der Waals surface area contributed by atoms with Crippen LogP contribution in [0.5, 0.6) is 11.5 Å². The molecule has 0 radical (unpaired) electrons. The standard InChI is InChI=1S/C28H33NO6/c1-4-5-15-34-22-10-7-19(8-11-22)25-24(27(31)28(32)29(25)13-6-14-33-3)26(30)20-9-12-23-21(17-20)16-18(2)35-23/h7-12,17-18,24-25H,4-6,13-16H2,1-3H3. The summed E-state index contributed by atoms with van der Waals surface area (Å²) >= 11 is 0. The van der Waals surface area contributed by atoms with Gasteiger partial charge in [-0.25, -0.2) is 0 Å². The Labute approximate surface area is 206 Å². The van der Waals surface area contributed by atoms with Crippen LogP contribution >= 0.6 is 0 Å². The van der Waals surface area contributed by atoms with Gasteiger partial charge >= 0.3 is 0 Å². The Hall–Kier alpha value is -3.19. The van der Waals surface area contributed by atoms with Gasteiger partial charge in [0, 0.05) is 32.2 Å². The molecule has 7 heteroatoms. The van der Waals surface area contributed by atoms with Crippen molar-refractivity contribution in [3.05, 3.63) is 59.2 Å². The van der Waals surface area contributed by atoms with Crippen molar-refractivity contribution in [3.8, 4) is 11.5 Å². The number of ketones is 2. The maximum atomic E-state index is 13.7. The van der Waals surface area contributed by atoms with Crippen molar-refractivity contribution in [2.75, 3.05) is 26.9 Å². The highest BCUT2D eigenvalue weighted by Crippen LogP contribution is 2.40. The molecule has 3 atom stereocenters. The number of likely N-dealkylation sites (tertiary alicyclic amines) is 1. The molecule has 2 aromatic rings. The van der Waals surface area contributed by atoms with E-state index in [2.05, 4.69) is 6.92 Å². The Morgan fingerprint density at radius 2 is 1.86 bits per heavy atom.